The van der Waals surface area contributed by atoms with E-state index in [1.54, 1.807) is 6.07 Å². The number of hydrogen-bond acceptors (Lipinski definition) is 2. The molecule has 0 radical (unpaired) electrons. The van der Waals surface area contributed by atoms with Crippen LogP contribution in [0.4, 0.5) is 13.2 Å². The predicted molar refractivity (Wildman–Crippen MR) is 59.7 cm³/mol. The van der Waals surface area contributed by atoms with E-state index in [2.05, 4.69) is 5.92 Å². The zero-order valence-corrected chi connectivity index (χ0v) is 9.42. The Bertz CT molecular complexity index is 494. The molecule has 0 N–H and O–H groups in total. The van der Waals surface area contributed by atoms with Gasteiger partial charge in [0.05, 0.1) is 23.8 Å². The summed E-state index contributed by atoms with van der Waals surface area (Å²) in [5, 5.41) is 8.58. The van der Waals surface area contributed by atoms with Crippen LogP contribution in [0.25, 0.3) is 0 Å². The van der Waals surface area contributed by atoms with E-state index >= 15 is 0 Å². The Balaban J connectivity index is 2.91. The van der Waals surface area contributed by atoms with E-state index in [1.165, 1.54) is 6.07 Å². The molecule has 0 unspecified atom stereocenters. The van der Waals surface area contributed by atoms with Gasteiger partial charge in [-0.3, -0.25) is 0 Å². The van der Waals surface area contributed by atoms with Gasteiger partial charge in [-0.05, 0) is 24.6 Å². The second-order valence-electron chi connectivity index (χ2n) is 3.48. The molecule has 1 aromatic rings. The number of nitrogens with zero attached hydrogens (tertiary/aromatic N) is 1. The Morgan fingerprint density at radius 3 is 2.61 bits per heavy atom. The molecular weight excluding hydrogens is 243 g/mol. The molecule has 0 saturated heterocycles. The van der Waals surface area contributed by atoms with Crippen molar-refractivity contribution in [1.29, 1.82) is 5.26 Å². The third-order valence-electron chi connectivity index (χ3n) is 2.14. The zero-order chi connectivity index (χ0) is 13.6. The largest absolute Gasteiger partial charge is 0.493 e. The first kappa shape index (κ1) is 13.9. The van der Waals surface area contributed by atoms with Gasteiger partial charge >= 0.3 is 6.18 Å². The third kappa shape index (κ3) is 3.71. The molecule has 18 heavy (non-hydrogen) atoms. The average Bonchev–Trinajstić information content (AvgIpc) is 2.33. The Hall–Kier alpha value is -2.14. The van der Waals surface area contributed by atoms with Gasteiger partial charge in [-0.25, -0.2) is 0 Å². The first-order valence-electron chi connectivity index (χ1n) is 5.16. The van der Waals surface area contributed by atoms with Crippen molar-refractivity contribution in [2.24, 2.45) is 0 Å². The molecule has 0 bridgehead atoms. The molecule has 1 aromatic carbocycles. The van der Waals surface area contributed by atoms with Crippen molar-refractivity contribution in [3.63, 3.8) is 0 Å². The number of nitriles is 1. The number of terminal acetylenes is 1. The molecule has 0 atom stereocenters. The van der Waals surface area contributed by atoms with Crippen LogP contribution in [0.5, 0.6) is 5.75 Å². The van der Waals surface area contributed by atoms with E-state index < -0.39 is 11.7 Å². The van der Waals surface area contributed by atoms with E-state index in [0.29, 0.717) is 12.8 Å². The minimum absolute atomic E-state index is 0.0571. The molecule has 0 heterocycles. The number of rotatable bonds is 4. The molecule has 1 rings (SSSR count). The fourth-order valence-corrected chi connectivity index (χ4v) is 1.30. The maximum Gasteiger partial charge on any atom is 0.420 e. The number of alkyl halides is 3. The minimum Gasteiger partial charge on any atom is -0.493 e. The Kier molecular flexibility index (Phi) is 4.62. The zero-order valence-electron chi connectivity index (χ0n) is 9.42. The Morgan fingerprint density at radius 1 is 1.33 bits per heavy atom. The van der Waals surface area contributed by atoms with E-state index in [4.69, 9.17) is 16.4 Å². The number of unbranched alkanes of at least 4 members (excludes halogenated alkanes) is 1. The van der Waals surface area contributed by atoms with Gasteiger partial charge in [0, 0.05) is 6.42 Å². The summed E-state index contributed by atoms with van der Waals surface area (Å²) >= 11 is 0. The van der Waals surface area contributed by atoms with Crippen molar-refractivity contribution in [2.45, 2.75) is 19.0 Å². The van der Waals surface area contributed by atoms with Crippen LogP contribution in [0, 0.1) is 23.7 Å². The van der Waals surface area contributed by atoms with Crippen LogP contribution in [0.2, 0.25) is 0 Å². The van der Waals surface area contributed by atoms with Gasteiger partial charge in [-0.1, -0.05) is 0 Å². The molecule has 0 saturated carbocycles. The van der Waals surface area contributed by atoms with Crippen LogP contribution in [-0.4, -0.2) is 6.61 Å². The highest BCUT2D eigenvalue weighted by Crippen LogP contribution is 2.36. The summed E-state index contributed by atoms with van der Waals surface area (Å²) in [7, 11) is 0. The predicted octanol–water partition coefficient (Wildman–Crippen LogP) is 3.37. The fraction of sp³-hybridized carbons (Fsp3) is 0.308. The number of ether oxygens (including phenoxy) is 1. The van der Waals surface area contributed by atoms with Gasteiger partial charge in [-0.15, -0.1) is 12.3 Å². The third-order valence-corrected chi connectivity index (χ3v) is 2.14. The quantitative estimate of drug-likeness (QED) is 0.608. The highest BCUT2D eigenvalue weighted by molar-refractivity contribution is 5.43. The van der Waals surface area contributed by atoms with Crippen LogP contribution in [0.1, 0.15) is 24.0 Å². The smallest absolute Gasteiger partial charge is 0.420 e. The van der Waals surface area contributed by atoms with Crippen molar-refractivity contribution in [3.8, 4) is 24.2 Å². The van der Waals surface area contributed by atoms with Gasteiger partial charge in [0.25, 0.3) is 0 Å². The summed E-state index contributed by atoms with van der Waals surface area (Å²) in [6, 6.07) is 4.87. The van der Waals surface area contributed by atoms with E-state index in [0.717, 1.165) is 12.1 Å². The summed E-state index contributed by atoms with van der Waals surface area (Å²) in [6.45, 7) is 0.110. The second kappa shape index (κ2) is 5.97. The van der Waals surface area contributed by atoms with Gasteiger partial charge in [0.1, 0.15) is 5.75 Å². The van der Waals surface area contributed by atoms with Crippen LogP contribution >= 0.6 is 0 Å². The Labute approximate surface area is 103 Å². The topological polar surface area (TPSA) is 33.0 Å². The molecular formula is C13H10F3NO. The van der Waals surface area contributed by atoms with Gasteiger partial charge in [0.15, 0.2) is 0 Å². The summed E-state index contributed by atoms with van der Waals surface area (Å²) in [5.41, 5.74) is -0.999. The molecule has 94 valence electrons. The van der Waals surface area contributed by atoms with E-state index in [9.17, 15) is 13.2 Å². The molecule has 0 fully saturated rings. The fourth-order valence-electron chi connectivity index (χ4n) is 1.30. The molecule has 0 amide bonds. The lowest BCUT2D eigenvalue weighted by atomic mass is 10.1. The first-order chi connectivity index (χ1) is 8.49. The van der Waals surface area contributed by atoms with Crippen LogP contribution in [0.3, 0.4) is 0 Å². The minimum atomic E-state index is -4.55. The summed E-state index contributed by atoms with van der Waals surface area (Å²) in [4.78, 5) is 0. The molecule has 0 aromatic heterocycles. The molecule has 5 heteroatoms. The molecule has 0 aliphatic carbocycles. The monoisotopic (exact) mass is 253 g/mol. The van der Waals surface area contributed by atoms with Crippen LogP contribution in [0.15, 0.2) is 18.2 Å². The normalized spacial score (nSPS) is 10.5. The van der Waals surface area contributed by atoms with Crippen molar-refractivity contribution in [1.82, 2.24) is 0 Å². The number of hydrogen-bond donors (Lipinski definition) is 0. The van der Waals surface area contributed by atoms with Crippen LogP contribution in [-0.2, 0) is 6.18 Å². The summed E-state index contributed by atoms with van der Waals surface area (Å²) in [5.74, 6) is 2.09. The number of benzene rings is 1. The standard InChI is InChI=1S/C13H10F3NO/c1-2-3-4-7-18-12-6-5-10(9-17)8-11(12)13(14,15)16/h1,5-6,8H,3-4,7H2. The summed E-state index contributed by atoms with van der Waals surface area (Å²) < 4.78 is 43.2. The first-order valence-corrected chi connectivity index (χ1v) is 5.16. The second-order valence-corrected chi connectivity index (χ2v) is 3.48. The molecule has 0 spiro atoms. The van der Waals surface area contributed by atoms with Crippen molar-refractivity contribution in [2.75, 3.05) is 6.61 Å². The lowest BCUT2D eigenvalue weighted by Gasteiger charge is -2.13. The highest BCUT2D eigenvalue weighted by atomic mass is 19.4. The molecule has 2 nitrogen and oxygen atoms in total. The van der Waals surface area contributed by atoms with Gasteiger partial charge < -0.3 is 4.74 Å². The Morgan fingerprint density at radius 2 is 2.06 bits per heavy atom. The van der Waals surface area contributed by atoms with Crippen molar-refractivity contribution < 1.29 is 17.9 Å². The SMILES string of the molecule is C#CCCCOc1ccc(C#N)cc1C(F)(F)F. The lowest BCUT2D eigenvalue weighted by molar-refractivity contribution is -0.139. The lowest BCUT2D eigenvalue weighted by Crippen LogP contribution is -2.09. The maximum absolute atomic E-state index is 12.7. The average molecular weight is 253 g/mol. The summed E-state index contributed by atoms with van der Waals surface area (Å²) in [6.07, 6.45) is 1.40. The van der Waals surface area contributed by atoms with Gasteiger partial charge in [0.2, 0.25) is 0 Å². The number of halogens is 3. The molecule has 0 aliphatic rings. The van der Waals surface area contributed by atoms with Crippen molar-refractivity contribution in [3.05, 3.63) is 29.3 Å². The maximum atomic E-state index is 12.7. The van der Waals surface area contributed by atoms with Crippen LogP contribution < -0.4 is 4.74 Å². The van der Waals surface area contributed by atoms with E-state index in [1.807, 2.05) is 0 Å². The van der Waals surface area contributed by atoms with Gasteiger partial charge in [-0.2, -0.15) is 18.4 Å². The highest BCUT2D eigenvalue weighted by Gasteiger charge is 2.34. The van der Waals surface area contributed by atoms with Crippen molar-refractivity contribution >= 4 is 0 Å². The molecule has 0 aliphatic heterocycles. The van der Waals surface area contributed by atoms with E-state index in [-0.39, 0.29) is 17.9 Å².